The molecule has 3 aliphatic rings. The van der Waals surface area contributed by atoms with Gasteiger partial charge in [-0.1, -0.05) is 0 Å². The molecule has 0 atom stereocenters. The van der Waals surface area contributed by atoms with E-state index in [-0.39, 0.29) is 24.8 Å². The van der Waals surface area contributed by atoms with Crippen LogP contribution in [0.2, 0.25) is 0 Å². The molecule has 1 saturated heterocycles. The molecule has 0 radical (unpaired) electrons. The van der Waals surface area contributed by atoms with Gasteiger partial charge in [-0.25, -0.2) is 9.69 Å². The summed E-state index contributed by atoms with van der Waals surface area (Å²) in [6.07, 6.45) is 1.43. The van der Waals surface area contributed by atoms with Crippen molar-refractivity contribution in [1.29, 1.82) is 0 Å². The Morgan fingerprint density at radius 3 is 2.31 bits per heavy atom. The number of amides is 4. The first-order chi connectivity index (χ1) is 14.0. The minimum absolute atomic E-state index is 0.0615. The smallest absolute Gasteiger partial charge is 0.335 e. The Kier molecular flexibility index (Phi) is 3.70. The van der Waals surface area contributed by atoms with Crippen molar-refractivity contribution in [2.75, 3.05) is 18.5 Å². The molecule has 0 unspecified atom stereocenters. The second-order valence-corrected chi connectivity index (χ2v) is 6.56. The van der Waals surface area contributed by atoms with Crippen molar-refractivity contribution >= 4 is 29.6 Å². The number of carbonyl (C=O) groups is 3. The van der Waals surface area contributed by atoms with Crippen LogP contribution in [-0.4, -0.2) is 31.4 Å². The van der Waals surface area contributed by atoms with Gasteiger partial charge in [0.2, 0.25) is 13.6 Å². The van der Waals surface area contributed by atoms with E-state index in [0.29, 0.717) is 28.6 Å². The number of barbiturate groups is 1. The van der Waals surface area contributed by atoms with Crippen LogP contribution in [0.3, 0.4) is 0 Å². The van der Waals surface area contributed by atoms with E-state index in [1.54, 1.807) is 24.3 Å². The van der Waals surface area contributed by atoms with Gasteiger partial charge in [0.1, 0.15) is 5.57 Å². The summed E-state index contributed by atoms with van der Waals surface area (Å²) in [6.45, 7) is 1.99. The SMILES string of the molecule is Cc1cc2c(cc1/C=C1\C(=O)NC(=O)N(c3ccc4c(c3)OCO4)C1=O)OCO2. The lowest BCUT2D eigenvalue weighted by Gasteiger charge is -2.26. The highest BCUT2D eigenvalue weighted by Crippen LogP contribution is 2.37. The largest absolute Gasteiger partial charge is 0.454 e. The van der Waals surface area contributed by atoms with Crippen LogP contribution < -0.4 is 29.2 Å². The van der Waals surface area contributed by atoms with Crippen molar-refractivity contribution in [2.24, 2.45) is 0 Å². The van der Waals surface area contributed by atoms with Gasteiger partial charge in [0, 0.05) is 6.07 Å². The molecule has 0 saturated carbocycles. The number of fused-ring (bicyclic) bond motifs is 2. The van der Waals surface area contributed by atoms with Crippen molar-refractivity contribution in [3.05, 3.63) is 47.0 Å². The normalized spacial score (nSPS) is 18.4. The first-order valence-corrected chi connectivity index (χ1v) is 8.72. The van der Waals surface area contributed by atoms with Gasteiger partial charge in [-0.3, -0.25) is 14.9 Å². The molecule has 0 aliphatic carbocycles. The molecule has 29 heavy (non-hydrogen) atoms. The van der Waals surface area contributed by atoms with Crippen LogP contribution in [0, 0.1) is 6.92 Å². The Morgan fingerprint density at radius 2 is 1.55 bits per heavy atom. The summed E-state index contributed by atoms with van der Waals surface area (Å²) < 4.78 is 21.2. The highest BCUT2D eigenvalue weighted by molar-refractivity contribution is 6.39. The van der Waals surface area contributed by atoms with Crippen molar-refractivity contribution in [1.82, 2.24) is 5.32 Å². The van der Waals surface area contributed by atoms with Crippen LogP contribution in [0.4, 0.5) is 10.5 Å². The third kappa shape index (κ3) is 2.75. The van der Waals surface area contributed by atoms with E-state index in [0.717, 1.165) is 10.5 Å². The average molecular weight is 394 g/mol. The Morgan fingerprint density at radius 1 is 0.897 bits per heavy atom. The van der Waals surface area contributed by atoms with Crippen LogP contribution in [0.1, 0.15) is 11.1 Å². The van der Waals surface area contributed by atoms with Crippen LogP contribution in [0.5, 0.6) is 23.0 Å². The molecule has 9 heteroatoms. The summed E-state index contributed by atoms with van der Waals surface area (Å²) in [5, 5.41) is 2.20. The van der Waals surface area contributed by atoms with Crippen molar-refractivity contribution in [3.8, 4) is 23.0 Å². The number of carbonyl (C=O) groups excluding carboxylic acids is 3. The summed E-state index contributed by atoms with van der Waals surface area (Å²) in [5.41, 5.74) is 1.48. The fourth-order valence-electron chi connectivity index (χ4n) is 3.29. The van der Waals surface area contributed by atoms with E-state index in [2.05, 4.69) is 5.32 Å². The van der Waals surface area contributed by atoms with Crippen molar-refractivity contribution in [3.63, 3.8) is 0 Å². The predicted octanol–water partition coefficient (Wildman–Crippen LogP) is 2.12. The van der Waals surface area contributed by atoms with Gasteiger partial charge in [-0.15, -0.1) is 0 Å². The molecule has 1 fully saturated rings. The minimum Gasteiger partial charge on any atom is -0.454 e. The topological polar surface area (TPSA) is 103 Å². The Balaban J connectivity index is 1.54. The maximum absolute atomic E-state index is 13.0. The number of hydrogen-bond donors (Lipinski definition) is 1. The maximum Gasteiger partial charge on any atom is 0.335 e. The average Bonchev–Trinajstić information content (AvgIpc) is 3.33. The number of imide groups is 2. The number of aryl methyl sites for hydroxylation is 1. The fourth-order valence-corrected chi connectivity index (χ4v) is 3.29. The minimum atomic E-state index is -0.835. The lowest BCUT2D eigenvalue weighted by atomic mass is 10.0. The number of benzene rings is 2. The summed E-state index contributed by atoms with van der Waals surface area (Å²) in [7, 11) is 0. The molecule has 3 heterocycles. The van der Waals surface area contributed by atoms with E-state index in [9.17, 15) is 14.4 Å². The highest BCUT2D eigenvalue weighted by atomic mass is 16.7. The van der Waals surface area contributed by atoms with Gasteiger partial charge in [0.25, 0.3) is 11.8 Å². The zero-order chi connectivity index (χ0) is 20.1. The maximum atomic E-state index is 13.0. The first kappa shape index (κ1) is 17.1. The summed E-state index contributed by atoms with van der Waals surface area (Å²) in [6, 6.07) is 7.27. The molecular weight excluding hydrogens is 380 g/mol. The molecule has 3 aliphatic heterocycles. The lowest BCUT2D eigenvalue weighted by Crippen LogP contribution is -2.54. The quantitative estimate of drug-likeness (QED) is 0.615. The highest BCUT2D eigenvalue weighted by Gasteiger charge is 2.37. The monoisotopic (exact) mass is 394 g/mol. The zero-order valence-electron chi connectivity index (χ0n) is 15.2. The molecule has 9 nitrogen and oxygen atoms in total. The van der Waals surface area contributed by atoms with Gasteiger partial charge in [-0.05, 0) is 48.4 Å². The molecule has 0 aromatic heterocycles. The van der Waals surface area contributed by atoms with Crippen molar-refractivity contribution in [2.45, 2.75) is 6.92 Å². The second-order valence-electron chi connectivity index (χ2n) is 6.56. The summed E-state index contributed by atoms with van der Waals surface area (Å²) >= 11 is 0. The van der Waals surface area contributed by atoms with Gasteiger partial charge in [-0.2, -0.15) is 0 Å². The fraction of sp³-hybridized carbons (Fsp3) is 0.150. The summed E-state index contributed by atoms with van der Waals surface area (Å²) in [5.74, 6) is 0.540. The molecule has 0 bridgehead atoms. The molecule has 2 aromatic carbocycles. The predicted molar refractivity (Wildman–Crippen MR) is 98.9 cm³/mol. The van der Waals surface area contributed by atoms with Crippen LogP contribution in [0.25, 0.3) is 6.08 Å². The molecule has 5 rings (SSSR count). The second kappa shape index (κ2) is 6.26. The number of ether oxygens (including phenoxy) is 4. The Hall–Kier alpha value is -4.01. The van der Waals surface area contributed by atoms with E-state index < -0.39 is 17.8 Å². The molecular formula is C20H14N2O7. The first-order valence-electron chi connectivity index (χ1n) is 8.72. The third-order valence-corrected chi connectivity index (χ3v) is 4.78. The van der Waals surface area contributed by atoms with Gasteiger partial charge in [0.05, 0.1) is 5.69 Å². The lowest BCUT2D eigenvalue weighted by molar-refractivity contribution is -0.122. The molecule has 1 N–H and O–H groups in total. The van der Waals surface area contributed by atoms with Gasteiger partial charge in [0.15, 0.2) is 23.0 Å². The van der Waals surface area contributed by atoms with E-state index in [1.807, 2.05) is 6.92 Å². The van der Waals surface area contributed by atoms with E-state index >= 15 is 0 Å². The number of hydrogen-bond acceptors (Lipinski definition) is 7. The number of anilines is 1. The Bertz CT molecular complexity index is 1120. The van der Waals surface area contributed by atoms with Gasteiger partial charge >= 0.3 is 6.03 Å². The Labute approximate surface area is 164 Å². The van der Waals surface area contributed by atoms with Crippen molar-refractivity contribution < 1.29 is 33.3 Å². The molecule has 146 valence electrons. The standard InChI is InChI=1S/C20H14N2O7/c1-10-4-15-16(28-9-27-15)6-11(10)5-13-18(23)21-20(25)22(19(13)24)12-2-3-14-17(7-12)29-8-26-14/h2-7H,8-9H2,1H3,(H,21,23,25)/b13-5+. The molecule has 0 spiro atoms. The van der Waals surface area contributed by atoms with Crippen LogP contribution >= 0.6 is 0 Å². The number of rotatable bonds is 2. The van der Waals surface area contributed by atoms with E-state index in [1.165, 1.54) is 12.1 Å². The molecule has 2 aromatic rings. The van der Waals surface area contributed by atoms with Crippen LogP contribution in [0.15, 0.2) is 35.9 Å². The zero-order valence-corrected chi connectivity index (χ0v) is 15.2. The summed E-state index contributed by atoms with van der Waals surface area (Å²) in [4.78, 5) is 38.7. The number of nitrogens with zero attached hydrogens (tertiary/aromatic N) is 1. The third-order valence-electron chi connectivity index (χ3n) is 4.78. The molecule has 4 amide bonds. The van der Waals surface area contributed by atoms with Crippen LogP contribution in [-0.2, 0) is 9.59 Å². The van der Waals surface area contributed by atoms with E-state index in [4.69, 9.17) is 18.9 Å². The van der Waals surface area contributed by atoms with Gasteiger partial charge < -0.3 is 18.9 Å². The number of nitrogens with one attached hydrogen (secondary N) is 1. The number of urea groups is 1.